The number of anilines is 2. The highest BCUT2D eigenvalue weighted by molar-refractivity contribution is 5.94. The van der Waals surface area contributed by atoms with Crippen molar-refractivity contribution in [1.82, 2.24) is 0 Å². The van der Waals surface area contributed by atoms with Crippen molar-refractivity contribution in [2.45, 2.75) is 20.0 Å². The summed E-state index contributed by atoms with van der Waals surface area (Å²) in [4.78, 5) is 23.0. The lowest BCUT2D eigenvalue weighted by Gasteiger charge is -2.15. The molecule has 0 saturated carbocycles. The quantitative estimate of drug-likeness (QED) is 0.881. The summed E-state index contributed by atoms with van der Waals surface area (Å²) in [5.74, 6) is -2.63. The fourth-order valence-corrected chi connectivity index (χ4v) is 1.89. The molecule has 7 heteroatoms. The van der Waals surface area contributed by atoms with Crippen molar-refractivity contribution in [3.05, 3.63) is 54.1 Å². The molecule has 24 heavy (non-hydrogen) atoms. The van der Waals surface area contributed by atoms with Crippen molar-refractivity contribution in [3.8, 4) is 5.75 Å². The predicted octanol–water partition coefficient (Wildman–Crippen LogP) is 3.33. The molecule has 0 unspecified atom stereocenters. The number of nitrogens with one attached hydrogen (secondary N) is 2. The monoisotopic (exact) mass is 334 g/mol. The summed E-state index contributed by atoms with van der Waals surface area (Å²) in [5, 5.41) is 5.23. The number of amides is 2. The van der Waals surface area contributed by atoms with Gasteiger partial charge in [0.1, 0.15) is 5.75 Å². The first-order chi connectivity index (χ1) is 11.3. The SMILES string of the molecule is CC(=O)Nc1ccc(NC(=O)[C@@H](C)Oc2ccc(F)c(F)c2)cc1. The predicted molar refractivity (Wildman–Crippen MR) is 85.8 cm³/mol. The molecule has 1 atom stereocenters. The van der Waals surface area contributed by atoms with E-state index in [4.69, 9.17) is 4.74 Å². The second-order valence-corrected chi connectivity index (χ2v) is 5.08. The topological polar surface area (TPSA) is 67.4 Å². The Bertz CT molecular complexity index is 748. The van der Waals surface area contributed by atoms with Gasteiger partial charge in [-0.1, -0.05) is 0 Å². The number of hydrogen-bond acceptors (Lipinski definition) is 3. The van der Waals surface area contributed by atoms with Crippen LogP contribution in [-0.4, -0.2) is 17.9 Å². The summed E-state index contributed by atoms with van der Waals surface area (Å²) in [5.41, 5.74) is 1.11. The van der Waals surface area contributed by atoms with Crippen LogP contribution in [-0.2, 0) is 9.59 Å². The van der Waals surface area contributed by atoms with Gasteiger partial charge in [0.2, 0.25) is 5.91 Å². The molecule has 2 N–H and O–H groups in total. The first kappa shape index (κ1) is 17.4. The van der Waals surface area contributed by atoms with Gasteiger partial charge in [-0.2, -0.15) is 0 Å². The van der Waals surface area contributed by atoms with Crippen molar-refractivity contribution in [1.29, 1.82) is 0 Å². The minimum Gasteiger partial charge on any atom is -0.481 e. The Balaban J connectivity index is 1.95. The van der Waals surface area contributed by atoms with Crippen LogP contribution in [0.25, 0.3) is 0 Å². The molecule has 0 fully saturated rings. The lowest BCUT2D eigenvalue weighted by molar-refractivity contribution is -0.122. The number of ether oxygens (including phenoxy) is 1. The van der Waals surface area contributed by atoms with Crippen LogP contribution in [0, 0.1) is 11.6 Å². The molecule has 0 heterocycles. The van der Waals surface area contributed by atoms with Gasteiger partial charge >= 0.3 is 0 Å². The summed E-state index contributed by atoms with van der Waals surface area (Å²) >= 11 is 0. The molecule has 0 spiro atoms. The van der Waals surface area contributed by atoms with Gasteiger partial charge in [-0.05, 0) is 43.3 Å². The molecule has 2 rings (SSSR count). The van der Waals surface area contributed by atoms with E-state index in [0.29, 0.717) is 11.4 Å². The highest BCUT2D eigenvalue weighted by Crippen LogP contribution is 2.18. The van der Waals surface area contributed by atoms with Gasteiger partial charge < -0.3 is 15.4 Å². The van der Waals surface area contributed by atoms with Gasteiger partial charge in [-0.25, -0.2) is 8.78 Å². The summed E-state index contributed by atoms with van der Waals surface area (Å²) in [7, 11) is 0. The summed E-state index contributed by atoms with van der Waals surface area (Å²) in [6.45, 7) is 2.88. The van der Waals surface area contributed by atoms with E-state index in [1.807, 2.05) is 0 Å². The van der Waals surface area contributed by atoms with Crippen molar-refractivity contribution < 1.29 is 23.1 Å². The van der Waals surface area contributed by atoms with Crippen molar-refractivity contribution >= 4 is 23.2 Å². The largest absolute Gasteiger partial charge is 0.481 e. The van der Waals surface area contributed by atoms with Crippen molar-refractivity contribution in [2.24, 2.45) is 0 Å². The maximum atomic E-state index is 13.1. The molecular weight excluding hydrogens is 318 g/mol. The fourth-order valence-electron chi connectivity index (χ4n) is 1.89. The maximum absolute atomic E-state index is 13.1. The number of halogens is 2. The molecule has 5 nitrogen and oxygen atoms in total. The van der Waals surface area contributed by atoms with E-state index in [9.17, 15) is 18.4 Å². The highest BCUT2D eigenvalue weighted by Gasteiger charge is 2.16. The second-order valence-electron chi connectivity index (χ2n) is 5.08. The average molecular weight is 334 g/mol. The van der Waals surface area contributed by atoms with Crippen LogP contribution >= 0.6 is 0 Å². The van der Waals surface area contributed by atoms with Gasteiger partial charge in [0.25, 0.3) is 5.91 Å². The van der Waals surface area contributed by atoms with Gasteiger partial charge in [0.05, 0.1) is 0 Å². The minimum atomic E-state index is -1.05. The average Bonchev–Trinajstić information content (AvgIpc) is 2.52. The van der Waals surface area contributed by atoms with Crippen LogP contribution in [0.1, 0.15) is 13.8 Å². The third-order valence-electron chi connectivity index (χ3n) is 3.05. The van der Waals surface area contributed by atoms with Crippen LogP contribution in [0.4, 0.5) is 20.2 Å². The second kappa shape index (κ2) is 7.54. The van der Waals surface area contributed by atoms with E-state index in [1.54, 1.807) is 24.3 Å². The zero-order chi connectivity index (χ0) is 17.7. The Morgan fingerprint density at radius 1 is 0.958 bits per heavy atom. The molecule has 0 saturated heterocycles. The van der Waals surface area contributed by atoms with Crippen LogP contribution in [0.2, 0.25) is 0 Å². The molecule has 2 aromatic carbocycles. The van der Waals surface area contributed by atoms with Gasteiger partial charge in [0, 0.05) is 24.4 Å². The normalized spacial score (nSPS) is 11.5. The number of hydrogen-bond donors (Lipinski definition) is 2. The smallest absolute Gasteiger partial charge is 0.265 e. The van der Waals surface area contributed by atoms with E-state index in [1.165, 1.54) is 19.9 Å². The summed E-state index contributed by atoms with van der Waals surface area (Å²) < 4.78 is 31.3. The standard InChI is InChI=1S/C17H16F2N2O3/c1-10(24-14-7-8-15(18)16(19)9-14)17(23)21-13-5-3-12(4-6-13)20-11(2)22/h3-10H,1-2H3,(H,20,22)(H,21,23)/t10-/m1/s1. The van der Waals surface area contributed by atoms with Crippen molar-refractivity contribution in [2.75, 3.05) is 10.6 Å². The molecule has 0 bridgehead atoms. The molecule has 126 valence electrons. The molecule has 0 aliphatic carbocycles. The lowest BCUT2D eigenvalue weighted by atomic mass is 10.2. The van der Waals surface area contributed by atoms with Crippen LogP contribution < -0.4 is 15.4 Å². The van der Waals surface area contributed by atoms with Crippen LogP contribution in [0.15, 0.2) is 42.5 Å². The van der Waals surface area contributed by atoms with E-state index in [2.05, 4.69) is 10.6 Å². The van der Waals surface area contributed by atoms with Gasteiger partial charge in [-0.3, -0.25) is 9.59 Å². The fraction of sp³-hybridized carbons (Fsp3) is 0.176. The molecule has 0 aliphatic heterocycles. The number of benzene rings is 2. The Morgan fingerprint density at radius 3 is 2.08 bits per heavy atom. The molecule has 2 amide bonds. The van der Waals surface area contributed by atoms with Gasteiger partial charge in [-0.15, -0.1) is 0 Å². The molecule has 0 aliphatic rings. The maximum Gasteiger partial charge on any atom is 0.265 e. The Hall–Kier alpha value is -2.96. The zero-order valence-electron chi connectivity index (χ0n) is 13.1. The Kier molecular flexibility index (Phi) is 5.47. The summed E-state index contributed by atoms with van der Waals surface area (Å²) in [6.07, 6.45) is -0.912. The van der Waals surface area contributed by atoms with E-state index >= 15 is 0 Å². The third kappa shape index (κ3) is 4.77. The number of carbonyl (C=O) groups is 2. The molecule has 0 aromatic heterocycles. The Morgan fingerprint density at radius 2 is 1.54 bits per heavy atom. The van der Waals surface area contributed by atoms with Crippen LogP contribution in [0.3, 0.4) is 0 Å². The molecule has 0 radical (unpaired) electrons. The first-order valence-corrected chi connectivity index (χ1v) is 7.15. The van der Waals surface area contributed by atoms with E-state index in [-0.39, 0.29) is 11.7 Å². The molecule has 2 aromatic rings. The third-order valence-corrected chi connectivity index (χ3v) is 3.05. The van der Waals surface area contributed by atoms with Gasteiger partial charge in [0.15, 0.2) is 17.7 Å². The minimum absolute atomic E-state index is 0.0533. The van der Waals surface area contributed by atoms with E-state index < -0.39 is 23.6 Å². The van der Waals surface area contributed by atoms with E-state index in [0.717, 1.165) is 12.1 Å². The molecular formula is C17H16F2N2O3. The number of rotatable bonds is 5. The highest BCUT2D eigenvalue weighted by atomic mass is 19.2. The number of carbonyl (C=O) groups excluding carboxylic acids is 2. The van der Waals surface area contributed by atoms with Crippen molar-refractivity contribution in [3.63, 3.8) is 0 Å². The van der Waals surface area contributed by atoms with Crippen LogP contribution in [0.5, 0.6) is 5.75 Å². The Labute approximate surface area is 137 Å². The zero-order valence-corrected chi connectivity index (χ0v) is 13.1. The lowest BCUT2D eigenvalue weighted by Crippen LogP contribution is -2.30. The summed E-state index contributed by atoms with van der Waals surface area (Å²) in [6, 6.07) is 9.55. The first-order valence-electron chi connectivity index (χ1n) is 7.15.